The van der Waals surface area contributed by atoms with Crippen molar-refractivity contribution in [3.8, 4) is 5.75 Å². The number of amides is 1. The minimum Gasteiger partial charge on any atom is -0.494 e. The Bertz CT molecular complexity index is 1150. The van der Waals surface area contributed by atoms with Crippen LogP contribution in [0.2, 0.25) is 0 Å². The molecule has 32 heavy (non-hydrogen) atoms. The summed E-state index contributed by atoms with van der Waals surface area (Å²) >= 11 is 5.34. The van der Waals surface area contributed by atoms with Crippen molar-refractivity contribution in [2.75, 3.05) is 6.61 Å². The molecule has 0 saturated carbocycles. The first-order valence-electron chi connectivity index (χ1n) is 11.3. The van der Waals surface area contributed by atoms with Crippen molar-refractivity contribution in [3.05, 3.63) is 69.2 Å². The molecule has 0 radical (unpaired) electrons. The number of nitrogens with zero attached hydrogens (tertiary/aromatic N) is 1. The van der Waals surface area contributed by atoms with Gasteiger partial charge in [-0.15, -0.1) is 0 Å². The molecule has 1 aromatic heterocycles. The van der Waals surface area contributed by atoms with E-state index in [-0.39, 0.29) is 11.5 Å². The summed E-state index contributed by atoms with van der Waals surface area (Å²) < 4.78 is 7.76. The lowest BCUT2D eigenvalue weighted by Gasteiger charge is -2.09. The van der Waals surface area contributed by atoms with Crippen LogP contribution in [0.4, 0.5) is 0 Å². The van der Waals surface area contributed by atoms with E-state index in [4.69, 9.17) is 17.0 Å². The number of aromatic amines is 1. The third-order valence-corrected chi connectivity index (χ3v) is 5.65. The van der Waals surface area contributed by atoms with E-state index >= 15 is 0 Å². The van der Waals surface area contributed by atoms with Crippen LogP contribution in [-0.2, 0) is 17.9 Å². The smallest absolute Gasteiger partial charge is 0.262 e. The summed E-state index contributed by atoms with van der Waals surface area (Å²) in [7, 11) is 0. The van der Waals surface area contributed by atoms with Crippen molar-refractivity contribution in [1.29, 1.82) is 0 Å². The number of carbonyl (C=O) groups excluding carboxylic acids is 1. The number of fused-ring (bicyclic) bond motifs is 1. The molecule has 0 unspecified atom stereocenters. The van der Waals surface area contributed by atoms with Gasteiger partial charge < -0.3 is 15.0 Å². The topological polar surface area (TPSA) is 76.1 Å². The maximum atomic E-state index is 12.6. The molecule has 6 nitrogen and oxygen atoms in total. The Labute approximate surface area is 193 Å². The second-order valence-corrected chi connectivity index (χ2v) is 8.26. The van der Waals surface area contributed by atoms with Gasteiger partial charge in [-0.25, -0.2) is 0 Å². The van der Waals surface area contributed by atoms with Crippen LogP contribution in [0, 0.1) is 4.77 Å². The van der Waals surface area contributed by atoms with Crippen LogP contribution in [0.25, 0.3) is 10.9 Å². The predicted octanol–water partition coefficient (Wildman–Crippen LogP) is 5.11. The average Bonchev–Trinajstić information content (AvgIpc) is 2.80. The van der Waals surface area contributed by atoms with Gasteiger partial charge in [0.05, 0.1) is 17.5 Å². The number of aromatic nitrogens is 2. The van der Waals surface area contributed by atoms with Gasteiger partial charge in [-0.05, 0) is 61.3 Å². The summed E-state index contributed by atoms with van der Waals surface area (Å²) in [5, 5.41) is 3.61. The Kier molecular flexibility index (Phi) is 9.04. The molecule has 0 saturated heterocycles. The zero-order valence-corrected chi connectivity index (χ0v) is 19.4. The van der Waals surface area contributed by atoms with Crippen molar-refractivity contribution < 1.29 is 9.53 Å². The molecule has 0 aliphatic rings. The average molecular weight is 454 g/mol. The maximum Gasteiger partial charge on any atom is 0.262 e. The van der Waals surface area contributed by atoms with E-state index in [9.17, 15) is 9.59 Å². The van der Waals surface area contributed by atoms with Crippen LogP contribution in [-0.4, -0.2) is 22.1 Å². The van der Waals surface area contributed by atoms with E-state index < -0.39 is 0 Å². The van der Waals surface area contributed by atoms with Gasteiger partial charge in [-0.1, -0.05) is 44.0 Å². The Hall–Kier alpha value is -2.93. The molecule has 3 aromatic rings. The van der Waals surface area contributed by atoms with Crippen LogP contribution in [0.1, 0.15) is 51.0 Å². The first-order chi connectivity index (χ1) is 15.6. The molecule has 0 aliphatic carbocycles. The Morgan fingerprint density at radius 2 is 1.94 bits per heavy atom. The predicted molar refractivity (Wildman–Crippen MR) is 131 cm³/mol. The largest absolute Gasteiger partial charge is 0.494 e. The second kappa shape index (κ2) is 12.2. The molecule has 0 atom stereocenters. The fourth-order valence-corrected chi connectivity index (χ4v) is 3.79. The van der Waals surface area contributed by atoms with Gasteiger partial charge in [0.1, 0.15) is 5.75 Å². The number of hydrogen-bond donors (Lipinski definition) is 2. The summed E-state index contributed by atoms with van der Waals surface area (Å²) in [6.07, 6.45) is 5.00. The molecule has 2 N–H and O–H groups in total. The third-order valence-electron chi connectivity index (χ3n) is 5.33. The normalized spacial score (nSPS) is 10.9. The molecular weight excluding hydrogens is 422 g/mol. The molecule has 3 rings (SSSR count). The summed E-state index contributed by atoms with van der Waals surface area (Å²) in [4.78, 5) is 27.9. The van der Waals surface area contributed by atoms with Crippen LogP contribution in [0.3, 0.4) is 0 Å². The van der Waals surface area contributed by atoms with E-state index in [1.165, 1.54) is 0 Å². The minimum absolute atomic E-state index is 0.0301. The molecule has 1 amide bonds. The van der Waals surface area contributed by atoms with Crippen molar-refractivity contribution in [2.45, 2.75) is 58.5 Å². The van der Waals surface area contributed by atoms with Gasteiger partial charge >= 0.3 is 0 Å². The highest BCUT2D eigenvalue weighted by Gasteiger charge is 2.06. The van der Waals surface area contributed by atoms with Gasteiger partial charge in [0, 0.05) is 19.5 Å². The number of hydrogen-bond acceptors (Lipinski definition) is 4. The van der Waals surface area contributed by atoms with Gasteiger partial charge in [0.15, 0.2) is 4.77 Å². The Balaban J connectivity index is 1.39. The quantitative estimate of drug-likeness (QED) is 0.295. The van der Waals surface area contributed by atoms with Gasteiger partial charge in [0.2, 0.25) is 5.91 Å². The highest BCUT2D eigenvalue weighted by molar-refractivity contribution is 7.71. The number of H-pyrrole nitrogens is 1. The maximum absolute atomic E-state index is 12.6. The van der Waals surface area contributed by atoms with Gasteiger partial charge in [0.25, 0.3) is 5.56 Å². The fraction of sp³-hybridized carbons (Fsp3) is 0.400. The number of ether oxygens (including phenoxy) is 1. The SMILES string of the molecule is CCCCOc1cccc(CNC(=O)CCCCCn2c(=S)[nH]c3ccccc3c2=O)c1. The molecular formula is C25H31N3O3S. The lowest BCUT2D eigenvalue weighted by Crippen LogP contribution is -2.23. The van der Waals surface area contributed by atoms with E-state index in [0.717, 1.165) is 48.9 Å². The first kappa shape index (κ1) is 23.7. The van der Waals surface area contributed by atoms with Crippen LogP contribution in [0.15, 0.2) is 53.3 Å². The van der Waals surface area contributed by atoms with Crippen molar-refractivity contribution >= 4 is 29.0 Å². The highest BCUT2D eigenvalue weighted by Crippen LogP contribution is 2.14. The Morgan fingerprint density at radius 3 is 2.78 bits per heavy atom. The number of rotatable bonds is 12. The number of nitrogens with one attached hydrogen (secondary N) is 2. The fourth-order valence-electron chi connectivity index (χ4n) is 3.50. The van der Waals surface area contributed by atoms with Crippen molar-refractivity contribution in [1.82, 2.24) is 14.9 Å². The molecule has 1 heterocycles. The van der Waals surface area contributed by atoms with Crippen LogP contribution < -0.4 is 15.6 Å². The molecule has 170 valence electrons. The molecule has 0 spiro atoms. The number of unbranched alkanes of at least 4 members (excludes halogenated alkanes) is 3. The van der Waals surface area contributed by atoms with Gasteiger partial charge in [-0.3, -0.25) is 14.2 Å². The summed E-state index contributed by atoms with van der Waals surface area (Å²) in [5.74, 6) is 0.870. The van der Waals surface area contributed by atoms with Crippen molar-refractivity contribution in [3.63, 3.8) is 0 Å². The van der Waals surface area contributed by atoms with E-state index in [0.29, 0.717) is 36.3 Å². The number of para-hydroxylation sites is 1. The highest BCUT2D eigenvalue weighted by atomic mass is 32.1. The lowest BCUT2D eigenvalue weighted by molar-refractivity contribution is -0.121. The van der Waals surface area contributed by atoms with E-state index in [1.54, 1.807) is 10.6 Å². The van der Waals surface area contributed by atoms with E-state index in [1.807, 2.05) is 42.5 Å². The molecule has 7 heteroatoms. The van der Waals surface area contributed by atoms with Crippen molar-refractivity contribution in [2.24, 2.45) is 0 Å². The minimum atomic E-state index is -0.0667. The molecule has 2 aromatic carbocycles. The monoisotopic (exact) mass is 453 g/mol. The molecule has 0 bridgehead atoms. The zero-order chi connectivity index (χ0) is 22.8. The van der Waals surface area contributed by atoms with E-state index in [2.05, 4.69) is 17.2 Å². The second-order valence-electron chi connectivity index (χ2n) is 7.87. The number of benzene rings is 2. The van der Waals surface area contributed by atoms with Crippen LogP contribution in [0.5, 0.6) is 5.75 Å². The Morgan fingerprint density at radius 1 is 1.09 bits per heavy atom. The molecule has 0 fully saturated rings. The first-order valence-corrected chi connectivity index (χ1v) is 11.7. The standard InChI is InChI=1S/C25H31N3O3S/c1-2-3-16-31-20-11-9-10-19(17-20)18-26-23(29)14-5-4-8-15-28-24(30)21-12-6-7-13-22(21)27-25(28)32/h6-7,9-13,17H,2-5,8,14-16,18H2,1H3,(H,26,29)(H,27,32). The van der Waals surface area contributed by atoms with Gasteiger partial charge in [-0.2, -0.15) is 0 Å². The third kappa shape index (κ3) is 6.79. The number of carbonyl (C=O) groups is 1. The summed E-state index contributed by atoms with van der Waals surface area (Å²) in [6.45, 7) is 3.88. The summed E-state index contributed by atoms with van der Waals surface area (Å²) in [5.41, 5.74) is 1.72. The van der Waals surface area contributed by atoms with Crippen LogP contribution >= 0.6 is 12.2 Å². The zero-order valence-electron chi connectivity index (χ0n) is 18.6. The molecule has 0 aliphatic heterocycles. The lowest BCUT2D eigenvalue weighted by atomic mass is 10.1. The summed E-state index contributed by atoms with van der Waals surface area (Å²) in [6, 6.07) is 15.2.